The average Bonchev–Trinajstić information content (AvgIpc) is 2.83. The number of nitrogens with one attached hydrogen (secondary N) is 1. The molecule has 22 heavy (non-hydrogen) atoms. The number of amides is 1. The Morgan fingerprint density at radius 3 is 2.73 bits per heavy atom. The number of hydrogen-bond acceptors (Lipinski definition) is 5. The van der Waals surface area contributed by atoms with Crippen LogP contribution in [0.3, 0.4) is 0 Å². The van der Waals surface area contributed by atoms with Gasteiger partial charge in [-0.2, -0.15) is 0 Å². The minimum absolute atomic E-state index is 0.289. The first kappa shape index (κ1) is 16.2. The van der Waals surface area contributed by atoms with Crippen LogP contribution in [0.15, 0.2) is 24.5 Å². The summed E-state index contributed by atoms with van der Waals surface area (Å²) >= 11 is 1.39. The van der Waals surface area contributed by atoms with E-state index in [1.165, 1.54) is 17.5 Å². The van der Waals surface area contributed by atoms with Crippen molar-refractivity contribution in [2.24, 2.45) is 0 Å². The molecule has 2 aromatic heterocycles. The molecule has 0 saturated carbocycles. The molecule has 2 aromatic rings. The smallest absolute Gasteiger partial charge is 0.341 e. The molecule has 1 N–H and O–H groups in total. The van der Waals surface area contributed by atoms with Gasteiger partial charge in [0.1, 0.15) is 5.00 Å². The van der Waals surface area contributed by atoms with E-state index in [-0.39, 0.29) is 5.91 Å². The third kappa shape index (κ3) is 3.33. The number of ether oxygens (including phenoxy) is 1. The molecule has 0 radical (unpaired) electrons. The van der Waals surface area contributed by atoms with Gasteiger partial charge in [0.2, 0.25) is 0 Å². The van der Waals surface area contributed by atoms with Gasteiger partial charge >= 0.3 is 5.97 Å². The molecule has 0 aliphatic carbocycles. The highest BCUT2D eigenvalue weighted by molar-refractivity contribution is 7.16. The van der Waals surface area contributed by atoms with Gasteiger partial charge < -0.3 is 10.1 Å². The van der Waals surface area contributed by atoms with Crippen molar-refractivity contribution < 1.29 is 14.3 Å². The van der Waals surface area contributed by atoms with Crippen molar-refractivity contribution in [3.05, 3.63) is 46.1 Å². The van der Waals surface area contributed by atoms with E-state index in [0.29, 0.717) is 29.2 Å². The highest BCUT2D eigenvalue weighted by Gasteiger charge is 2.23. The van der Waals surface area contributed by atoms with Crippen LogP contribution >= 0.6 is 11.3 Å². The maximum Gasteiger partial charge on any atom is 0.341 e. The van der Waals surface area contributed by atoms with E-state index in [9.17, 15) is 9.59 Å². The van der Waals surface area contributed by atoms with Crippen LogP contribution in [0.5, 0.6) is 0 Å². The van der Waals surface area contributed by atoms with E-state index in [4.69, 9.17) is 4.74 Å². The van der Waals surface area contributed by atoms with Gasteiger partial charge in [-0.1, -0.05) is 6.92 Å². The zero-order valence-electron chi connectivity index (χ0n) is 12.8. The van der Waals surface area contributed by atoms with Crippen LogP contribution in [0.4, 0.5) is 5.00 Å². The molecule has 2 rings (SSSR count). The largest absolute Gasteiger partial charge is 0.462 e. The lowest BCUT2D eigenvalue weighted by Gasteiger charge is -2.07. The first-order chi connectivity index (χ1) is 10.6. The van der Waals surface area contributed by atoms with Crippen molar-refractivity contribution in [2.75, 3.05) is 11.9 Å². The Morgan fingerprint density at radius 2 is 2.14 bits per heavy atom. The maximum absolute atomic E-state index is 12.3. The Labute approximate surface area is 133 Å². The summed E-state index contributed by atoms with van der Waals surface area (Å²) in [7, 11) is 0. The third-order valence-corrected chi connectivity index (χ3v) is 4.26. The lowest BCUT2D eigenvalue weighted by molar-refractivity contribution is 0.0527. The fourth-order valence-corrected chi connectivity index (χ4v) is 3.31. The van der Waals surface area contributed by atoms with Crippen molar-refractivity contribution in [2.45, 2.75) is 27.2 Å². The number of rotatable bonds is 5. The van der Waals surface area contributed by atoms with Crippen LogP contribution in [0.25, 0.3) is 0 Å². The van der Waals surface area contributed by atoms with Gasteiger partial charge in [0.05, 0.1) is 17.7 Å². The highest BCUT2D eigenvalue weighted by Crippen LogP contribution is 2.34. The topological polar surface area (TPSA) is 68.3 Å². The van der Waals surface area contributed by atoms with Gasteiger partial charge in [-0.3, -0.25) is 9.78 Å². The second-order valence-corrected chi connectivity index (χ2v) is 5.84. The summed E-state index contributed by atoms with van der Waals surface area (Å²) in [4.78, 5) is 29.4. The molecular weight excluding hydrogens is 300 g/mol. The monoisotopic (exact) mass is 318 g/mol. The molecule has 0 spiro atoms. The Bertz CT molecular complexity index is 680. The number of aromatic nitrogens is 1. The highest BCUT2D eigenvalue weighted by atomic mass is 32.1. The number of carbonyl (C=O) groups is 2. The summed E-state index contributed by atoms with van der Waals surface area (Å²) in [6, 6.07) is 3.37. The summed E-state index contributed by atoms with van der Waals surface area (Å²) in [5.74, 6) is -0.687. The van der Waals surface area contributed by atoms with Crippen LogP contribution in [0.2, 0.25) is 0 Å². The second-order valence-electron chi connectivity index (χ2n) is 4.61. The second kappa shape index (κ2) is 7.17. The third-order valence-electron chi connectivity index (χ3n) is 3.19. The van der Waals surface area contributed by atoms with E-state index in [1.807, 2.05) is 13.8 Å². The first-order valence-corrected chi connectivity index (χ1v) is 7.90. The van der Waals surface area contributed by atoms with E-state index in [2.05, 4.69) is 10.3 Å². The zero-order chi connectivity index (χ0) is 16.1. The van der Waals surface area contributed by atoms with E-state index in [1.54, 1.807) is 25.3 Å². The molecular formula is C16H18N2O3S. The average molecular weight is 318 g/mol. The van der Waals surface area contributed by atoms with Gasteiger partial charge in [-0.25, -0.2) is 4.79 Å². The number of nitrogens with zero attached hydrogens (tertiary/aromatic N) is 1. The van der Waals surface area contributed by atoms with Crippen LogP contribution in [-0.4, -0.2) is 23.5 Å². The van der Waals surface area contributed by atoms with Crippen LogP contribution in [-0.2, 0) is 11.2 Å². The lowest BCUT2D eigenvalue weighted by atomic mass is 10.1. The Kier molecular flexibility index (Phi) is 5.27. The van der Waals surface area contributed by atoms with E-state index < -0.39 is 5.97 Å². The predicted octanol–water partition coefficient (Wildman–Crippen LogP) is 3.44. The quantitative estimate of drug-likeness (QED) is 0.857. The van der Waals surface area contributed by atoms with Gasteiger partial charge in [0.15, 0.2) is 0 Å². The Hall–Kier alpha value is -2.21. The molecule has 0 atom stereocenters. The number of anilines is 1. The minimum atomic E-state index is -0.398. The number of pyridine rings is 1. The summed E-state index contributed by atoms with van der Waals surface area (Å²) in [5, 5.41) is 3.33. The normalized spacial score (nSPS) is 10.3. The van der Waals surface area contributed by atoms with E-state index >= 15 is 0 Å². The molecule has 1 amide bonds. The number of aryl methyl sites for hydroxylation is 1. The molecule has 0 fully saturated rings. The Morgan fingerprint density at radius 1 is 1.36 bits per heavy atom. The summed E-state index contributed by atoms with van der Waals surface area (Å²) < 4.78 is 5.12. The zero-order valence-corrected chi connectivity index (χ0v) is 13.6. The fraction of sp³-hybridized carbons (Fsp3) is 0.312. The standard InChI is InChI=1S/C16H18N2O3S/c1-4-12-10(3)22-15(13(12)16(20)21-5-2)18-14(19)11-7-6-8-17-9-11/h6-9H,4-5H2,1-3H3,(H,18,19). The SMILES string of the molecule is CCOC(=O)c1c(NC(=O)c2cccnc2)sc(C)c1CC. The Balaban J connectivity index is 2.34. The predicted molar refractivity (Wildman–Crippen MR) is 86.6 cm³/mol. The number of carbonyl (C=O) groups excluding carboxylic acids is 2. The van der Waals surface area contributed by atoms with Crippen molar-refractivity contribution in [3.63, 3.8) is 0 Å². The van der Waals surface area contributed by atoms with Gasteiger partial charge in [-0.05, 0) is 38.0 Å². The molecule has 2 heterocycles. The molecule has 0 unspecified atom stereocenters. The number of hydrogen-bond donors (Lipinski definition) is 1. The van der Waals surface area contributed by atoms with Gasteiger partial charge in [0, 0.05) is 17.3 Å². The first-order valence-electron chi connectivity index (χ1n) is 7.09. The molecule has 0 aromatic carbocycles. The van der Waals surface area contributed by atoms with Gasteiger partial charge in [-0.15, -0.1) is 11.3 Å². The van der Waals surface area contributed by atoms with Gasteiger partial charge in [0.25, 0.3) is 5.91 Å². The number of thiophene rings is 1. The molecule has 0 aliphatic heterocycles. The maximum atomic E-state index is 12.3. The summed E-state index contributed by atoms with van der Waals surface area (Å²) in [5.41, 5.74) is 1.83. The molecule has 6 heteroatoms. The minimum Gasteiger partial charge on any atom is -0.462 e. The summed E-state index contributed by atoms with van der Waals surface area (Å²) in [6.45, 7) is 5.97. The molecule has 0 bridgehead atoms. The molecule has 0 aliphatic rings. The van der Waals surface area contributed by atoms with E-state index in [0.717, 1.165) is 10.4 Å². The van der Waals surface area contributed by atoms with Crippen LogP contribution in [0, 0.1) is 6.92 Å². The molecule has 0 saturated heterocycles. The number of esters is 1. The lowest BCUT2D eigenvalue weighted by Crippen LogP contribution is -2.15. The van der Waals surface area contributed by atoms with Crippen molar-refractivity contribution in [1.82, 2.24) is 4.98 Å². The van der Waals surface area contributed by atoms with Crippen LogP contribution in [0.1, 0.15) is 45.0 Å². The van der Waals surface area contributed by atoms with Crippen molar-refractivity contribution in [1.29, 1.82) is 0 Å². The van der Waals surface area contributed by atoms with Crippen LogP contribution < -0.4 is 5.32 Å². The van der Waals surface area contributed by atoms with Crippen molar-refractivity contribution >= 4 is 28.2 Å². The molecule has 116 valence electrons. The van der Waals surface area contributed by atoms with Crippen molar-refractivity contribution in [3.8, 4) is 0 Å². The fourth-order valence-electron chi connectivity index (χ4n) is 2.18. The molecule has 5 nitrogen and oxygen atoms in total. The summed E-state index contributed by atoms with van der Waals surface area (Å²) in [6.07, 6.45) is 3.80.